The minimum Gasteiger partial charge on any atom is -0.319 e. The van der Waals surface area contributed by atoms with Gasteiger partial charge in [-0.3, -0.25) is 20.2 Å². The number of rotatable bonds is 6. The number of carbonyl (C=O) groups is 1. The van der Waals surface area contributed by atoms with Crippen molar-refractivity contribution in [3.8, 4) is 0 Å². The van der Waals surface area contributed by atoms with Crippen molar-refractivity contribution in [2.75, 3.05) is 11.9 Å². The Kier molecular flexibility index (Phi) is 6.00. The summed E-state index contributed by atoms with van der Waals surface area (Å²) in [6.45, 7) is 3.76. The highest BCUT2D eigenvalue weighted by Gasteiger charge is 2.22. The van der Waals surface area contributed by atoms with Gasteiger partial charge in [0.15, 0.2) is 0 Å². The number of nitrogens with one attached hydrogen (secondary N) is 2. The highest BCUT2D eigenvalue weighted by Crippen LogP contribution is 2.28. The van der Waals surface area contributed by atoms with E-state index in [-0.39, 0.29) is 23.8 Å². The average molecular weight is 382 g/mol. The van der Waals surface area contributed by atoms with E-state index in [0.29, 0.717) is 10.0 Å². The number of nitro benzene ring substituents is 1. The van der Waals surface area contributed by atoms with Crippen molar-refractivity contribution in [2.45, 2.75) is 19.4 Å². The van der Waals surface area contributed by atoms with Gasteiger partial charge in [0.25, 0.3) is 5.69 Å². The Hall–Kier alpha value is -2.15. The summed E-state index contributed by atoms with van der Waals surface area (Å²) in [7, 11) is 0. The van der Waals surface area contributed by atoms with Crippen LogP contribution < -0.4 is 10.6 Å². The molecule has 2 aromatic rings. The summed E-state index contributed by atoms with van der Waals surface area (Å²) in [5, 5.41) is 17.5. The quantitative estimate of drug-likeness (QED) is 0.574. The number of carbonyl (C=O) groups excluding carboxylic acids is 1. The van der Waals surface area contributed by atoms with E-state index in [1.807, 2.05) is 19.9 Å². The molecule has 2 rings (SSSR count). The van der Waals surface area contributed by atoms with Gasteiger partial charge in [0.2, 0.25) is 5.91 Å². The molecule has 2 aromatic carbocycles. The summed E-state index contributed by atoms with van der Waals surface area (Å²) in [6, 6.07) is 11.2. The molecule has 132 valence electrons. The normalized spacial score (nSPS) is 11.2. The predicted octanol–water partition coefficient (Wildman–Crippen LogP) is 4.37. The van der Waals surface area contributed by atoms with Crippen molar-refractivity contribution in [1.29, 1.82) is 0 Å². The number of nitrogens with zero attached hydrogens (tertiary/aromatic N) is 1. The lowest BCUT2D eigenvalue weighted by atomic mass is 9.94. The standard InChI is InChI=1S/C17H17Cl2N3O3/c1-17(2,11-7-8-12(18)13(19)9-11)20-10-16(23)21-14-5-3-4-6-15(14)22(24)25/h3-9,20H,10H2,1-2H3,(H,21,23). The highest BCUT2D eigenvalue weighted by atomic mass is 35.5. The van der Waals surface area contributed by atoms with Crippen molar-refractivity contribution in [3.05, 3.63) is 68.2 Å². The van der Waals surface area contributed by atoms with Gasteiger partial charge in [-0.1, -0.05) is 41.4 Å². The van der Waals surface area contributed by atoms with Crippen LogP contribution in [0.15, 0.2) is 42.5 Å². The van der Waals surface area contributed by atoms with E-state index in [4.69, 9.17) is 23.2 Å². The molecule has 0 saturated heterocycles. The fourth-order valence-electron chi connectivity index (χ4n) is 2.22. The van der Waals surface area contributed by atoms with Gasteiger partial charge in [0.1, 0.15) is 5.69 Å². The second-order valence-electron chi connectivity index (χ2n) is 5.93. The summed E-state index contributed by atoms with van der Waals surface area (Å²) >= 11 is 12.0. The fraction of sp³-hybridized carbons (Fsp3) is 0.235. The molecule has 0 aliphatic rings. The maximum absolute atomic E-state index is 12.1. The highest BCUT2D eigenvalue weighted by molar-refractivity contribution is 6.42. The molecular weight excluding hydrogens is 365 g/mol. The molecular formula is C17H17Cl2N3O3. The monoisotopic (exact) mass is 381 g/mol. The van der Waals surface area contributed by atoms with Gasteiger partial charge >= 0.3 is 0 Å². The molecule has 1 amide bonds. The van der Waals surface area contributed by atoms with Crippen molar-refractivity contribution in [1.82, 2.24) is 5.32 Å². The Morgan fingerprint density at radius 3 is 2.48 bits per heavy atom. The molecule has 0 aromatic heterocycles. The molecule has 0 saturated carbocycles. The summed E-state index contributed by atoms with van der Waals surface area (Å²) < 4.78 is 0. The smallest absolute Gasteiger partial charge is 0.292 e. The first-order valence-electron chi connectivity index (χ1n) is 7.44. The molecule has 0 fully saturated rings. The molecule has 8 heteroatoms. The van der Waals surface area contributed by atoms with Crippen LogP contribution in [0.3, 0.4) is 0 Å². The molecule has 0 heterocycles. The molecule has 6 nitrogen and oxygen atoms in total. The SMILES string of the molecule is CC(C)(NCC(=O)Nc1ccccc1[N+](=O)[O-])c1ccc(Cl)c(Cl)c1. The van der Waals surface area contributed by atoms with Crippen LogP contribution in [0.4, 0.5) is 11.4 Å². The summed E-state index contributed by atoms with van der Waals surface area (Å²) in [4.78, 5) is 22.6. The number of halogens is 2. The van der Waals surface area contributed by atoms with E-state index in [9.17, 15) is 14.9 Å². The van der Waals surface area contributed by atoms with Crippen molar-refractivity contribution in [3.63, 3.8) is 0 Å². The second-order valence-corrected chi connectivity index (χ2v) is 6.74. The van der Waals surface area contributed by atoms with Gasteiger partial charge in [-0.15, -0.1) is 0 Å². The van der Waals surface area contributed by atoms with Crippen molar-refractivity contribution < 1.29 is 9.72 Å². The molecule has 0 unspecified atom stereocenters. The van der Waals surface area contributed by atoms with E-state index in [1.165, 1.54) is 12.1 Å². The van der Waals surface area contributed by atoms with Crippen LogP contribution in [0.2, 0.25) is 10.0 Å². The Bertz CT molecular complexity index is 809. The zero-order valence-corrected chi connectivity index (χ0v) is 15.2. The average Bonchev–Trinajstić information content (AvgIpc) is 2.56. The van der Waals surface area contributed by atoms with Crippen LogP contribution in [0.5, 0.6) is 0 Å². The fourth-order valence-corrected chi connectivity index (χ4v) is 2.52. The van der Waals surface area contributed by atoms with E-state index < -0.39 is 10.5 Å². The van der Waals surface area contributed by atoms with Crippen molar-refractivity contribution in [2.24, 2.45) is 0 Å². The van der Waals surface area contributed by atoms with Crippen LogP contribution in [0.25, 0.3) is 0 Å². The second kappa shape index (κ2) is 7.82. The maximum Gasteiger partial charge on any atom is 0.292 e. The van der Waals surface area contributed by atoms with Crippen LogP contribution in [0.1, 0.15) is 19.4 Å². The number of para-hydroxylation sites is 2. The van der Waals surface area contributed by atoms with Crippen LogP contribution in [-0.2, 0) is 10.3 Å². The van der Waals surface area contributed by atoms with E-state index >= 15 is 0 Å². The minimum absolute atomic E-state index is 0.0285. The molecule has 0 bridgehead atoms. The van der Waals surface area contributed by atoms with Crippen LogP contribution >= 0.6 is 23.2 Å². The van der Waals surface area contributed by atoms with E-state index in [1.54, 1.807) is 24.3 Å². The molecule has 0 aliphatic carbocycles. The van der Waals surface area contributed by atoms with Crippen LogP contribution in [0, 0.1) is 10.1 Å². The molecule has 2 N–H and O–H groups in total. The molecule has 0 radical (unpaired) electrons. The van der Waals surface area contributed by atoms with Gasteiger partial charge in [-0.05, 0) is 37.6 Å². The molecule has 0 spiro atoms. The summed E-state index contributed by atoms with van der Waals surface area (Å²) in [6.07, 6.45) is 0. The number of nitro groups is 1. The lowest BCUT2D eigenvalue weighted by molar-refractivity contribution is -0.383. The number of benzene rings is 2. The lowest BCUT2D eigenvalue weighted by Gasteiger charge is -2.27. The van der Waals surface area contributed by atoms with Crippen LogP contribution in [-0.4, -0.2) is 17.4 Å². The first-order chi connectivity index (χ1) is 11.7. The van der Waals surface area contributed by atoms with E-state index in [0.717, 1.165) is 5.56 Å². The third-order valence-corrected chi connectivity index (χ3v) is 4.45. The minimum atomic E-state index is -0.547. The zero-order chi connectivity index (χ0) is 18.6. The van der Waals surface area contributed by atoms with Gasteiger partial charge in [0.05, 0.1) is 21.5 Å². The maximum atomic E-state index is 12.1. The number of amides is 1. The van der Waals surface area contributed by atoms with Gasteiger partial charge in [-0.25, -0.2) is 0 Å². The van der Waals surface area contributed by atoms with Crippen molar-refractivity contribution >= 4 is 40.5 Å². The molecule has 0 atom stereocenters. The summed E-state index contributed by atoms with van der Waals surface area (Å²) in [5.41, 5.74) is 0.320. The Labute approximate surface area is 155 Å². The number of anilines is 1. The van der Waals surface area contributed by atoms with Gasteiger partial charge < -0.3 is 5.32 Å². The third-order valence-electron chi connectivity index (χ3n) is 3.71. The zero-order valence-electron chi connectivity index (χ0n) is 13.7. The Morgan fingerprint density at radius 2 is 1.84 bits per heavy atom. The Morgan fingerprint density at radius 1 is 1.16 bits per heavy atom. The molecule has 0 aliphatic heterocycles. The predicted molar refractivity (Wildman–Crippen MR) is 99.2 cm³/mol. The first-order valence-corrected chi connectivity index (χ1v) is 8.20. The Balaban J connectivity index is 2.04. The van der Waals surface area contributed by atoms with E-state index in [2.05, 4.69) is 10.6 Å². The lowest BCUT2D eigenvalue weighted by Crippen LogP contribution is -2.41. The third kappa shape index (κ3) is 4.92. The number of hydrogen-bond acceptors (Lipinski definition) is 4. The number of hydrogen-bond donors (Lipinski definition) is 2. The topological polar surface area (TPSA) is 84.3 Å². The first kappa shape index (κ1) is 19.2. The van der Waals surface area contributed by atoms with Gasteiger partial charge in [0, 0.05) is 11.6 Å². The van der Waals surface area contributed by atoms with Gasteiger partial charge in [-0.2, -0.15) is 0 Å². The molecule has 25 heavy (non-hydrogen) atoms. The summed E-state index contributed by atoms with van der Waals surface area (Å²) in [5.74, 6) is -0.387. The largest absolute Gasteiger partial charge is 0.319 e.